The summed E-state index contributed by atoms with van der Waals surface area (Å²) in [6.45, 7) is 7.94. The molecule has 1 unspecified atom stereocenters. The van der Waals surface area contributed by atoms with Gasteiger partial charge in [-0.25, -0.2) is 0 Å². The summed E-state index contributed by atoms with van der Waals surface area (Å²) in [6, 6.07) is 4.59. The number of benzene rings is 1. The Morgan fingerprint density at radius 3 is 2.44 bits per heavy atom. The van der Waals surface area contributed by atoms with Gasteiger partial charge in [0.2, 0.25) is 0 Å². The molecule has 1 saturated carbocycles. The average Bonchev–Trinajstić information content (AvgIpc) is 3.34. The Kier molecular flexibility index (Phi) is 7.92. The summed E-state index contributed by atoms with van der Waals surface area (Å²) in [6.07, 6.45) is 11.7. The van der Waals surface area contributed by atoms with Crippen LogP contribution in [0.5, 0.6) is 5.75 Å². The van der Waals surface area contributed by atoms with Crippen LogP contribution in [0.2, 0.25) is 0 Å². The molecule has 3 aliphatic rings. The van der Waals surface area contributed by atoms with E-state index in [1.165, 1.54) is 25.7 Å². The minimum absolute atomic E-state index is 0.0983. The first-order valence-electron chi connectivity index (χ1n) is 13.0. The first kappa shape index (κ1) is 24.7. The summed E-state index contributed by atoms with van der Waals surface area (Å²) in [7, 11) is 2.16. The van der Waals surface area contributed by atoms with Gasteiger partial charge < -0.3 is 15.0 Å². The van der Waals surface area contributed by atoms with Crippen molar-refractivity contribution in [2.45, 2.75) is 84.3 Å². The van der Waals surface area contributed by atoms with Gasteiger partial charge in [-0.1, -0.05) is 24.5 Å². The Bertz CT molecular complexity index is 981. The number of Topliss-reactive ketones (excluding diaryl/α,β-unsaturated/α-hetero) is 1. The van der Waals surface area contributed by atoms with Gasteiger partial charge in [-0.15, -0.1) is 0 Å². The van der Waals surface area contributed by atoms with Gasteiger partial charge in [-0.05, 0) is 89.2 Å². The Morgan fingerprint density at radius 1 is 1.06 bits per heavy atom. The van der Waals surface area contributed by atoms with E-state index in [-0.39, 0.29) is 23.6 Å². The molecule has 184 valence electrons. The number of hydrogen-bond donors (Lipinski definition) is 1. The molecule has 0 spiro atoms. The Labute approximate surface area is 204 Å². The lowest BCUT2D eigenvalue weighted by Crippen LogP contribution is -2.34. The molecule has 1 aromatic carbocycles. The molecule has 5 nitrogen and oxygen atoms in total. The Hall–Kier alpha value is -2.40. The number of anilines is 1. The second-order valence-electron chi connectivity index (χ2n) is 10.4. The van der Waals surface area contributed by atoms with Gasteiger partial charge in [0.05, 0.1) is 0 Å². The minimum Gasteiger partial charge on any atom is -0.490 e. The zero-order valence-electron chi connectivity index (χ0n) is 21.3. The highest BCUT2D eigenvalue weighted by Crippen LogP contribution is 2.35. The average molecular weight is 465 g/mol. The van der Waals surface area contributed by atoms with Gasteiger partial charge >= 0.3 is 0 Å². The van der Waals surface area contributed by atoms with E-state index in [1.54, 1.807) is 6.08 Å². The molecule has 34 heavy (non-hydrogen) atoms. The zero-order valence-corrected chi connectivity index (χ0v) is 21.3. The molecule has 1 heterocycles. The van der Waals surface area contributed by atoms with Gasteiger partial charge in [0.15, 0.2) is 11.6 Å². The van der Waals surface area contributed by atoms with Crippen molar-refractivity contribution in [3.63, 3.8) is 0 Å². The molecule has 0 radical (unpaired) electrons. The number of carbonyl (C=O) groups is 2. The first-order valence-corrected chi connectivity index (χ1v) is 13.0. The van der Waals surface area contributed by atoms with Crippen LogP contribution in [0, 0.1) is 12.8 Å². The van der Waals surface area contributed by atoms with Gasteiger partial charge in [-0.3, -0.25) is 9.59 Å². The van der Waals surface area contributed by atoms with Crippen molar-refractivity contribution >= 4 is 17.3 Å². The molecule has 0 bridgehead atoms. The molecular formula is C29H40N2O3. The van der Waals surface area contributed by atoms with Crippen LogP contribution in [-0.2, 0) is 4.79 Å². The van der Waals surface area contributed by atoms with E-state index < -0.39 is 0 Å². The SMILES string of the molecule is CC1=CC(=O)C(CCC(=O)c2cc(OC3CCNCC3)cc(N(C)C3CCCC3)c2C)C(C)=C1. The van der Waals surface area contributed by atoms with Crippen molar-refractivity contribution in [1.82, 2.24) is 5.32 Å². The number of rotatable bonds is 8. The van der Waals surface area contributed by atoms with Crippen LogP contribution < -0.4 is 15.0 Å². The quantitative estimate of drug-likeness (QED) is 0.511. The smallest absolute Gasteiger partial charge is 0.163 e. The lowest BCUT2D eigenvalue weighted by atomic mass is 9.84. The molecule has 4 rings (SSSR count). The number of nitrogens with one attached hydrogen (secondary N) is 1. The second kappa shape index (κ2) is 10.9. The van der Waals surface area contributed by atoms with Crippen LogP contribution in [0.25, 0.3) is 0 Å². The van der Waals surface area contributed by atoms with E-state index >= 15 is 0 Å². The summed E-state index contributed by atoms with van der Waals surface area (Å²) < 4.78 is 6.41. The van der Waals surface area contributed by atoms with Crippen LogP contribution in [0.3, 0.4) is 0 Å². The van der Waals surface area contributed by atoms with E-state index in [1.807, 2.05) is 19.9 Å². The maximum absolute atomic E-state index is 13.5. The molecule has 1 aliphatic heterocycles. The lowest BCUT2D eigenvalue weighted by molar-refractivity contribution is -0.117. The number of ketones is 2. The monoisotopic (exact) mass is 464 g/mol. The number of carbonyl (C=O) groups excluding carboxylic acids is 2. The van der Waals surface area contributed by atoms with E-state index in [9.17, 15) is 9.59 Å². The summed E-state index contributed by atoms with van der Waals surface area (Å²) in [4.78, 5) is 28.4. The number of hydrogen-bond acceptors (Lipinski definition) is 5. The number of allylic oxidation sites excluding steroid dienone is 4. The summed E-state index contributed by atoms with van der Waals surface area (Å²) >= 11 is 0. The third kappa shape index (κ3) is 5.63. The first-order chi connectivity index (χ1) is 16.3. The highest BCUT2D eigenvalue weighted by Gasteiger charge is 2.27. The Balaban J connectivity index is 1.57. The van der Waals surface area contributed by atoms with Crippen LogP contribution in [-0.4, -0.2) is 43.8 Å². The molecular weight excluding hydrogens is 424 g/mol. The molecule has 1 aromatic rings. The fraction of sp³-hybridized carbons (Fsp3) is 0.586. The fourth-order valence-electron chi connectivity index (χ4n) is 5.82. The molecule has 1 N–H and O–H groups in total. The summed E-state index contributed by atoms with van der Waals surface area (Å²) in [5.74, 6) is 0.819. The molecule has 2 aliphatic carbocycles. The van der Waals surface area contributed by atoms with Gasteiger partial charge in [0.25, 0.3) is 0 Å². The molecule has 0 amide bonds. The van der Waals surface area contributed by atoms with E-state index in [2.05, 4.69) is 36.3 Å². The van der Waals surface area contributed by atoms with E-state index in [4.69, 9.17) is 4.74 Å². The largest absolute Gasteiger partial charge is 0.490 e. The van der Waals surface area contributed by atoms with Crippen molar-refractivity contribution < 1.29 is 14.3 Å². The molecule has 5 heteroatoms. The van der Waals surface area contributed by atoms with E-state index in [0.29, 0.717) is 18.9 Å². The summed E-state index contributed by atoms with van der Waals surface area (Å²) in [5, 5.41) is 3.39. The third-order valence-electron chi connectivity index (χ3n) is 7.87. The van der Waals surface area contributed by atoms with Crippen LogP contribution >= 0.6 is 0 Å². The predicted octanol–water partition coefficient (Wildman–Crippen LogP) is 5.56. The highest BCUT2D eigenvalue weighted by atomic mass is 16.5. The van der Waals surface area contributed by atoms with Crippen molar-refractivity contribution in [1.29, 1.82) is 0 Å². The fourth-order valence-corrected chi connectivity index (χ4v) is 5.82. The highest BCUT2D eigenvalue weighted by molar-refractivity contribution is 6.00. The number of ether oxygens (including phenoxy) is 1. The minimum atomic E-state index is -0.192. The van der Waals surface area contributed by atoms with Gasteiger partial charge in [0.1, 0.15) is 11.9 Å². The lowest BCUT2D eigenvalue weighted by Gasteiger charge is -2.30. The van der Waals surface area contributed by atoms with Crippen LogP contribution in [0.15, 0.2) is 35.4 Å². The Morgan fingerprint density at radius 2 is 1.76 bits per heavy atom. The maximum atomic E-state index is 13.5. The molecule has 1 saturated heterocycles. The van der Waals surface area contributed by atoms with Gasteiger partial charge in [0, 0.05) is 42.7 Å². The van der Waals surface area contributed by atoms with Crippen molar-refractivity contribution in [2.24, 2.45) is 5.92 Å². The maximum Gasteiger partial charge on any atom is 0.163 e. The molecule has 2 fully saturated rings. The molecule has 0 aromatic heterocycles. The van der Waals surface area contributed by atoms with Crippen LogP contribution in [0.1, 0.15) is 81.1 Å². The van der Waals surface area contributed by atoms with E-state index in [0.717, 1.165) is 59.6 Å². The topological polar surface area (TPSA) is 58.6 Å². The molecule has 1 atom stereocenters. The second-order valence-corrected chi connectivity index (χ2v) is 10.4. The number of nitrogens with zero attached hydrogens (tertiary/aromatic N) is 1. The van der Waals surface area contributed by atoms with Crippen molar-refractivity contribution in [2.75, 3.05) is 25.0 Å². The third-order valence-corrected chi connectivity index (χ3v) is 7.87. The number of piperidine rings is 1. The zero-order chi connectivity index (χ0) is 24.2. The van der Waals surface area contributed by atoms with Crippen molar-refractivity contribution in [3.05, 3.63) is 46.6 Å². The summed E-state index contributed by atoms with van der Waals surface area (Å²) in [5.41, 5.74) is 4.91. The standard InChI is InChI=1S/C29H40N2O3/c1-19-15-20(2)25(29(33)16-19)9-10-28(32)26-17-24(34-23-11-13-30-14-12-23)18-27(21(26)3)31(4)22-7-5-6-8-22/h15-18,22-23,25,30H,5-14H2,1-4H3. The predicted molar refractivity (Wildman–Crippen MR) is 138 cm³/mol. The van der Waals surface area contributed by atoms with Crippen LogP contribution in [0.4, 0.5) is 5.69 Å². The van der Waals surface area contributed by atoms with Crippen molar-refractivity contribution in [3.8, 4) is 5.75 Å². The normalized spacial score (nSPS) is 21.9. The van der Waals surface area contributed by atoms with Gasteiger partial charge in [-0.2, -0.15) is 0 Å².